The zero-order chi connectivity index (χ0) is 7.28. The van der Waals surface area contributed by atoms with Gasteiger partial charge in [0.2, 0.25) is 6.08 Å². The highest BCUT2D eigenvalue weighted by atomic mass is 16.2. The number of rotatable bonds is 2. The lowest BCUT2D eigenvalue weighted by atomic mass is 10.6. The molecule has 0 atom stereocenters. The monoisotopic (exact) mass is 128 g/mol. The summed E-state index contributed by atoms with van der Waals surface area (Å²) >= 11 is 0. The maximum atomic E-state index is 10.4. The maximum absolute atomic E-state index is 10.4. The average Bonchev–Trinajstić information content (AvgIpc) is 1.63. The summed E-state index contributed by atoms with van der Waals surface area (Å²) in [5.74, 6) is -0.463. The molecular formula is C5H8N2O2. The van der Waals surface area contributed by atoms with Crippen LogP contribution in [0.15, 0.2) is 4.99 Å². The number of amides is 1. The third kappa shape index (κ3) is 4.87. The molecule has 0 aliphatic heterocycles. The Morgan fingerprint density at radius 2 is 2.22 bits per heavy atom. The van der Waals surface area contributed by atoms with E-state index in [1.807, 2.05) is 0 Å². The van der Waals surface area contributed by atoms with E-state index >= 15 is 0 Å². The second-order valence-electron chi connectivity index (χ2n) is 1.83. The van der Waals surface area contributed by atoms with Crippen LogP contribution in [0.3, 0.4) is 0 Å². The Hall–Kier alpha value is -0.990. The van der Waals surface area contributed by atoms with E-state index in [1.165, 1.54) is 6.08 Å². The van der Waals surface area contributed by atoms with Gasteiger partial charge in [-0.3, -0.25) is 4.79 Å². The highest BCUT2D eigenvalue weighted by Gasteiger charge is 1.97. The predicted molar refractivity (Wildman–Crippen MR) is 31.7 cm³/mol. The van der Waals surface area contributed by atoms with Crippen molar-refractivity contribution in [2.75, 3.05) is 20.6 Å². The van der Waals surface area contributed by atoms with Gasteiger partial charge in [-0.15, -0.1) is 4.99 Å². The molecule has 0 saturated carbocycles. The van der Waals surface area contributed by atoms with Crippen molar-refractivity contribution < 1.29 is 9.59 Å². The van der Waals surface area contributed by atoms with Crippen molar-refractivity contribution in [3.8, 4) is 0 Å². The first-order chi connectivity index (χ1) is 4.16. The molecule has 0 aliphatic carbocycles. The van der Waals surface area contributed by atoms with Gasteiger partial charge >= 0.3 is 0 Å². The van der Waals surface area contributed by atoms with Gasteiger partial charge in [0, 0.05) is 0 Å². The molecular weight excluding hydrogens is 120 g/mol. The predicted octanol–water partition coefficient (Wildman–Crippen LogP) is -0.590. The Balaban J connectivity index is 3.64. The minimum Gasteiger partial charge on any atom is -0.301 e. The molecule has 50 valence electrons. The first-order valence-electron chi connectivity index (χ1n) is 2.42. The summed E-state index contributed by atoms with van der Waals surface area (Å²) in [6.07, 6.45) is 1.17. The van der Waals surface area contributed by atoms with Crippen LogP contribution in [0.5, 0.6) is 0 Å². The van der Waals surface area contributed by atoms with Gasteiger partial charge in [-0.05, 0) is 14.1 Å². The van der Waals surface area contributed by atoms with E-state index in [0.717, 1.165) is 0 Å². The molecule has 1 amide bonds. The fourth-order valence-corrected chi connectivity index (χ4v) is 0.357. The molecule has 0 radical (unpaired) electrons. The molecule has 0 spiro atoms. The number of carbonyl (C=O) groups is 1. The van der Waals surface area contributed by atoms with Gasteiger partial charge in [-0.25, -0.2) is 4.79 Å². The SMILES string of the molecule is CN(C)CC(=O)N=C=O. The topological polar surface area (TPSA) is 49.7 Å². The van der Waals surface area contributed by atoms with E-state index in [2.05, 4.69) is 4.99 Å². The zero-order valence-electron chi connectivity index (χ0n) is 5.42. The Morgan fingerprint density at radius 3 is 2.56 bits per heavy atom. The van der Waals surface area contributed by atoms with Gasteiger partial charge in [-0.1, -0.05) is 0 Å². The Morgan fingerprint density at radius 1 is 1.67 bits per heavy atom. The summed E-state index contributed by atoms with van der Waals surface area (Å²) in [6, 6.07) is 0. The van der Waals surface area contributed by atoms with Crippen molar-refractivity contribution in [1.82, 2.24) is 4.90 Å². The first kappa shape index (κ1) is 8.01. The highest BCUT2D eigenvalue weighted by molar-refractivity contribution is 5.83. The van der Waals surface area contributed by atoms with Gasteiger partial charge in [-0.2, -0.15) is 0 Å². The molecule has 0 fully saturated rings. The second-order valence-corrected chi connectivity index (χ2v) is 1.83. The van der Waals surface area contributed by atoms with E-state index in [0.29, 0.717) is 0 Å². The smallest absolute Gasteiger partial charge is 0.270 e. The van der Waals surface area contributed by atoms with E-state index in [9.17, 15) is 9.59 Å². The molecule has 0 aromatic heterocycles. The lowest BCUT2D eigenvalue weighted by Crippen LogP contribution is -2.19. The molecule has 0 heterocycles. The zero-order valence-corrected chi connectivity index (χ0v) is 5.42. The van der Waals surface area contributed by atoms with Crippen LogP contribution in [0.4, 0.5) is 0 Å². The van der Waals surface area contributed by atoms with Crippen molar-refractivity contribution in [2.24, 2.45) is 4.99 Å². The maximum Gasteiger partial charge on any atom is 0.270 e. The standard InChI is InChI=1S/C5H8N2O2/c1-7(2)3-5(9)6-4-8/h3H2,1-2H3. The molecule has 0 bridgehead atoms. The van der Waals surface area contributed by atoms with Crippen LogP contribution in [-0.4, -0.2) is 37.5 Å². The Labute approximate surface area is 53.2 Å². The molecule has 0 rings (SSSR count). The summed E-state index contributed by atoms with van der Waals surface area (Å²) in [7, 11) is 3.44. The number of hydrogen-bond acceptors (Lipinski definition) is 3. The van der Waals surface area contributed by atoms with Crippen LogP contribution >= 0.6 is 0 Å². The van der Waals surface area contributed by atoms with E-state index < -0.39 is 5.91 Å². The normalized spacial score (nSPS) is 8.78. The third-order valence-electron chi connectivity index (χ3n) is 0.622. The van der Waals surface area contributed by atoms with Crippen LogP contribution in [0.1, 0.15) is 0 Å². The largest absolute Gasteiger partial charge is 0.301 e. The van der Waals surface area contributed by atoms with Gasteiger partial charge in [0.25, 0.3) is 5.91 Å². The molecule has 9 heavy (non-hydrogen) atoms. The summed E-state index contributed by atoms with van der Waals surface area (Å²) in [5.41, 5.74) is 0. The number of nitrogens with zero attached hydrogens (tertiary/aromatic N) is 2. The van der Waals surface area contributed by atoms with Crippen LogP contribution < -0.4 is 0 Å². The molecule has 4 nitrogen and oxygen atoms in total. The number of aliphatic imine (C=N–C) groups is 1. The van der Waals surface area contributed by atoms with Gasteiger partial charge < -0.3 is 4.90 Å². The average molecular weight is 128 g/mol. The van der Waals surface area contributed by atoms with Crippen LogP contribution in [0, 0.1) is 0 Å². The van der Waals surface area contributed by atoms with Gasteiger partial charge in [0.15, 0.2) is 0 Å². The summed E-state index contributed by atoms with van der Waals surface area (Å²) in [6.45, 7) is 0.162. The third-order valence-corrected chi connectivity index (χ3v) is 0.622. The Bertz CT molecular complexity index is 147. The first-order valence-corrected chi connectivity index (χ1v) is 2.42. The minimum atomic E-state index is -0.463. The lowest BCUT2D eigenvalue weighted by Gasteiger charge is -2.02. The minimum absolute atomic E-state index is 0.162. The van der Waals surface area contributed by atoms with Crippen LogP contribution in [0.25, 0.3) is 0 Å². The van der Waals surface area contributed by atoms with E-state index in [-0.39, 0.29) is 6.54 Å². The Kier molecular flexibility index (Phi) is 3.51. The summed E-state index contributed by atoms with van der Waals surface area (Å²) < 4.78 is 0. The number of carbonyl (C=O) groups excluding carboxylic acids is 2. The number of isocyanates is 1. The van der Waals surface area contributed by atoms with Gasteiger partial charge in [0.1, 0.15) is 0 Å². The van der Waals surface area contributed by atoms with Crippen molar-refractivity contribution in [1.29, 1.82) is 0 Å². The van der Waals surface area contributed by atoms with Gasteiger partial charge in [0.05, 0.1) is 6.54 Å². The van der Waals surface area contributed by atoms with Crippen molar-refractivity contribution >= 4 is 12.0 Å². The number of hydrogen-bond donors (Lipinski definition) is 0. The fraction of sp³-hybridized carbons (Fsp3) is 0.600. The molecule has 0 aliphatic rings. The quantitative estimate of drug-likeness (QED) is 0.369. The molecule has 4 heteroatoms. The van der Waals surface area contributed by atoms with Crippen LogP contribution in [-0.2, 0) is 9.59 Å². The molecule has 0 aromatic carbocycles. The van der Waals surface area contributed by atoms with E-state index in [1.54, 1.807) is 19.0 Å². The second kappa shape index (κ2) is 3.95. The molecule has 0 unspecified atom stereocenters. The van der Waals surface area contributed by atoms with Crippen molar-refractivity contribution in [3.63, 3.8) is 0 Å². The summed E-state index contributed by atoms with van der Waals surface area (Å²) in [5, 5.41) is 0. The highest BCUT2D eigenvalue weighted by Crippen LogP contribution is 1.76. The lowest BCUT2D eigenvalue weighted by molar-refractivity contribution is -0.118. The molecule has 0 aromatic rings. The van der Waals surface area contributed by atoms with E-state index in [4.69, 9.17) is 0 Å². The molecule has 0 saturated heterocycles. The number of likely N-dealkylation sites (N-methyl/N-ethyl adjacent to an activating group) is 1. The fourth-order valence-electron chi connectivity index (χ4n) is 0.357. The van der Waals surface area contributed by atoms with Crippen molar-refractivity contribution in [3.05, 3.63) is 0 Å². The molecule has 0 N–H and O–H groups in total. The summed E-state index contributed by atoms with van der Waals surface area (Å²) in [4.78, 5) is 24.4. The van der Waals surface area contributed by atoms with Crippen LogP contribution in [0.2, 0.25) is 0 Å². The van der Waals surface area contributed by atoms with Crippen molar-refractivity contribution in [2.45, 2.75) is 0 Å².